The zero-order valence-electron chi connectivity index (χ0n) is 16.9. The van der Waals surface area contributed by atoms with Gasteiger partial charge in [0.15, 0.2) is 0 Å². The summed E-state index contributed by atoms with van der Waals surface area (Å²) in [4.78, 5) is 44.4. The van der Waals surface area contributed by atoms with Crippen molar-refractivity contribution < 1.29 is 16.8 Å². The van der Waals surface area contributed by atoms with E-state index < -0.39 is 0 Å². The number of aliphatic imine (C=N–C) groups is 12. The van der Waals surface area contributed by atoms with E-state index in [2.05, 4.69) is 59.9 Å². The minimum Gasteiger partial charge on any atom is -0.268 e. The fraction of sp³-hybridized carbons (Fsp3) is 0.333. The van der Waals surface area contributed by atoms with Crippen LogP contribution in [0.4, 0.5) is 0 Å². The van der Waals surface area contributed by atoms with Gasteiger partial charge in [-0.05, 0) is 0 Å². The van der Waals surface area contributed by atoms with Crippen LogP contribution >= 0.6 is 0 Å². The van der Waals surface area contributed by atoms with Crippen LogP contribution in [0, 0.1) is 0 Å². The van der Waals surface area contributed by atoms with E-state index in [4.69, 9.17) is 0 Å². The summed E-state index contributed by atoms with van der Waals surface area (Å²) in [5.74, 6) is 0. The summed E-state index contributed by atoms with van der Waals surface area (Å²) in [5.41, 5.74) is 0. The Labute approximate surface area is 191 Å². The minimum atomic E-state index is 0. The van der Waals surface area contributed by atoms with Crippen molar-refractivity contribution in [1.82, 2.24) is 0 Å². The first kappa shape index (κ1) is 27.5. The predicted octanol–water partition coefficient (Wildman–Crippen LogP) is 0.592. The third kappa shape index (κ3) is 22.7. The van der Waals surface area contributed by atoms with Crippen LogP contribution in [-0.4, -0.2) is 115 Å². The molecule has 0 amide bonds. The molecular formula is C18H24CoN12. The Morgan fingerprint density at radius 3 is 0.484 bits per heavy atom. The van der Waals surface area contributed by atoms with Crippen molar-refractivity contribution >= 4 is 75.3 Å². The molecule has 0 fully saturated rings. The molecule has 0 spiro atoms. The molecule has 0 aromatic heterocycles. The SMILES string of the molecule is C1=NC=NC1.C1=NC=NC1.C1=NC=NC1.C1=NC=NC1.C1=NC=NC1.C1=NC=NC1.[Co]. The maximum atomic E-state index is 3.74. The van der Waals surface area contributed by atoms with Crippen molar-refractivity contribution in [3.05, 3.63) is 0 Å². The normalized spacial score (nSPS) is 17.0. The van der Waals surface area contributed by atoms with Gasteiger partial charge in [0.05, 0.1) is 39.3 Å². The van der Waals surface area contributed by atoms with Gasteiger partial charge >= 0.3 is 0 Å². The summed E-state index contributed by atoms with van der Waals surface area (Å²) in [5, 5.41) is 0. The van der Waals surface area contributed by atoms with Gasteiger partial charge in [-0.1, -0.05) is 0 Å². The van der Waals surface area contributed by atoms with E-state index in [1.165, 1.54) is 0 Å². The minimum absolute atomic E-state index is 0. The van der Waals surface area contributed by atoms with Gasteiger partial charge in [-0.2, -0.15) is 0 Å². The van der Waals surface area contributed by atoms with Gasteiger partial charge in [-0.25, -0.2) is 30.0 Å². The molecule has 0 aliphatic carbocycles. The number of hydrogen-bond acceptors (Lipinski definition) is 12. The standard InChI is InChI=1S/6C3H4N2.Co/c6*1-2-5-3-4-1;/h6*1,3H,2H2;. The van der Waals surface area contributed by atoms with Crippen LogP contribution in [0.1, 0.15) is 0 Å². The molecule has 13 heteroatoms. The van der Waals surface area contributed by atoms with Gasteiger partial charge < -0.3 is 0 Å². The van der Waals surface area contributed by atoms with Crippen LogP contribution < -0.4 is 0 Å². The molecule has 0 bridgehead atoms. The van der Waals surface area contributed by atoms with Crippen molar-refractivity contribution in [1.29, 1.82) is 0 Å². The maximum Gasteiger partial charge on any atom is 0.109 e. The van der Waals surface area contributed by atoms with E-state index in [0.717, 1.165) is 39.3 Å². The third-order valence-electron chi connectivity index (χ3n) is 2.64. The van der Waals surface area contributed by atoms with Crippen molar-refractivity contribution in [3.8, 4) is 0 Å². The van der Waals surface area contributed by atoms with Crippen molar-refractivity contribution in [2.75, 3.05) is 39.3 Å². The summed E-state index contributed by atoms with van der Waals surface area (Å²) in [6.07, 6.45) is 19.9. The molecule has 0 saturated carbocycles. The van der Waals surface area contributed by atoms with Crippen LogP contribution in [0.5, 0.6) is 0 Å². The molecule has 12 nitrogen and oxygen atoms in total. The van der Waals surface area contributed by atoms with Gasteiger partial charge in [0.25, 0.3) is 0 Å². The number of rotatable bonds is 0. The molecule has 0 aromatic rings. The number of hydrogen-bond donors (Lipinski definition) is 0. The van der Waals surface area contributed by atoms with Crippen LogP contribution in [0.15, 0.2) is 59.9 Å². The number of nitrogens with zero attached hydrogens (tertiary/aromatic N) is 12. The molecule has 0 N–H and O–H groups in total. The molecule has 6 rings (SSSR count). The van der Waals surface area contributed by atoms with E-state index in [1.54, 1.807) is 75.3 Å². The Hall–Kier alpha value is -3.45. The molecule has 0 unspecified atom stereocenters. The molecule has 31 heavy (non-hydrogen) atoms. The van der Waals surface area contributed by atoms with Crippen molar-refractivity contribution in [3.63, 3.8) is 0 Å². The molecule has 6 aliphatic rings. The average Bonchev–Trinajstić information content (AvgIpc) is 3.69. The quantitative estimate of drug-likeness (QED) is 0.491. The zero-order chi connectivity index (χ0) is 21.2. The Morgan fingerprint density at radius 2 is 0.452 bits per heavy atom. The van der Waals surface area contributed by atoms with Crippen LogP contribution in [0.2, 0.25) is 0 Å². The average molecular weight is 467 g/mol. The monoisotopic (exact) mass is 467 g/mol. The molecule has 6 aliphatic heterocycles. The van der Waals surface area contributed by atoms with Crippen molar-refractivity contribution in [2.24, 2.45) is 59.9 Å². The second-order valence-electron chi connectivity index (χ2n) is 4.87. The summed E-state index contributed by atoms with van der Waals surface area (Å²) in [6, 6.07) is 0. The predicted molar refractivity (Wildman–Crippen MR) is 131 cm³/mol. The second kappa shape index (κ2) is 24.6. The van der Waals surface area contributed by atoms with E-state index in [9.17, 15) is 0 Å². The molecule has 0 atom stereocenters. The van der Waals surface area contributed by atoms with E-state index in [-0.39, 0.29) is 16.8 Å². The van der Waals surface area contributed by atoms with Gasteiger partial charge in [0.2, 0.25) is 0 Å². The van der Waals surface area contributed by atoms with Crippen LogP contribution in [0.25, 0.3) is 0 Å². The molecular weight excluding hydrogens is 443 g/mol. The Kier molecular flexibility index (Phi) is 21.8. The maximum absolute atomic E-state index is 3.74. The van der Waals surface area contributed by atoms with E-state index >= 15 is 0 Å². The Balaban J connectivity index is 0.000000346. The topological polar surface area (TPSA) is 148 Å². The molecule has 1 radical (unpaired) electrons. The molecule has 0 saturated heterocycles. The summed E-state index contributed by atoms with van der Waals surface area (Å²) < 4.78 is 0. The van der Waals surface area contributed by atoms with Gasteiger partial charge in [-0.15, -0.1) is 0 Å². The van der Waals surface area contributed by atoms with Crippen LogP contribution in [0.3, 0.4) is 0 Å². The van der Waals surface area contributed by atoms with Gasteiger partial charge in [0, 0.05) is 54.1 Å². The summed E-state index contributed by atoms with van der Waals surface area (Å²) in [6.45, 7) is 4.67. The summed E-state index contributed by atoms with van der Waals surface area (Å²) >= 11 is 0. The Bertz CT molecular complexity index is 555. The second-order valence-corrected chi connectivity index (χ2v) is 4.87. The molecule has 6 heterocycles. The first-order valence-electron chi connectivity index (χ1n) is 8.99. The van der Waals surface area contributed by atoms with Gasteiger partial charge in [-0.3, -0.25) is 30.0 Å². The van der Waals surface area contributed by atoms with E-state index in [1.807, 2.05) is 0 Å². The fourth-order valence-electron chi connectivity index (χ4n) is 1.41. The van der Waals surface area contributed by atoms with Gasteiger partial charge in [0.1, 0.15) is 38.0 Å². The third-order valence-corrected chi connectivity index (χ3v) is 2.64. The smallest absolute Gasteiger partial charge is 0.109 e. The first-order valence-corrected chi connectivity index (χ1v) is 8.99. The molecule has 165 valence electrons. The van der Waals surface area contributed by atoms with Crippen LogP contribution in [-0.2, 0) is 16.8 Å². The molecule has 0 aromatic carbocycles. The van der Waals surface area contributed by atoms with Crippen molar-refractivity contribution in [2.45, 2.75) is 0 Å². The largest absolute Gasteiger partial charge is 0.268 e. The van der Waals surface area contributed by atoms with E-state index in [0.29, 0.717) is 0 Å². The summed E-state index contributed by atoms with van der Waals surface area (Å²) in [7, 11) is 0. The first-order chi connectivity index (χ1) is 15.0. The zero-order valence-corrected chi connectivity index (χ0v) is 17.9. The Morgan fingerprint density at radius 1 is 0.290 bits per heavy atom. The fourth-order valence-corrected chi connectivity index (χ4v) is 1.41.